The second-order valence-corrected chi connectivity index (χ2v) is 3.50. The predicted octanol–water partition coefficient (Wildman–Crippen LogP) is 3.09. The molecule has 0 amide bonds. The maximum absolute atomic E-state index is 13.0. The molecule has 0 heterocycles. The molecule has 0 fully saturated rings. The molecule has 0 aliphatic rings. The van der Waals surface area contributed by atoms with E-state index in [1.54, 1.807) is 6.07 Å². The van der Waals surface area contributed by atoms with E-state index in [1.165, 1.54) is 13.2 Å². The van der Waals surface area contributed by atoms with E-state index in [-0.39, 0.29) is 11.6 Å². The van der Waals surface area contributed by atoms with Gasteiger partial charge in [0.15, 0.2) is 11.6 Å². The van der Waals surface area contributed by atoms with E-state index in [0.717, 1.165) is 0 Å². The number of benzene rings is 1. The van der Waals surface area contributed by atoms with Crippen LogP contribution in [0.3, 0.4) is 0 Å². The normalized spacial score (nSPS) is 9.82. The summed E-state index contributed by atoms with van der Waals surface area (Å²) in [5.74, 6) is -0.181. The van der Waals surface area contributed by atoms with Crippen LogP contribution in [0.15, 0.2) is 12.1 Å². The standard InChI is InChI=1S/C7H5ClFIO/c1-11-6-3-4(8)2-5(10)7(6)9/h2-3H,1H3. The molecular weight excluding hydrogens is 281 g/mol. The summed E-state index contributed by atoms with van der Waals surface area (Å²) in [7, 11) is 1.41. The summed E-state index contributed by atoms with van der Waals surface area (Å²) in [5.41, 5.74) is 0. The topological polar surface area (TPSA) is 9.23 Å². The van der Waals surface area contributed by atoms with Crippen LogP contribution in [-0.4, -0.2) is 7.11 Å². The first kappa shape index (κ1) is 9.06. The van der Waals surface area contributed by atoms with Gasteiger partial charge in [-0.25, -0.2) is 4.39 Å². The van der Waals surface area contributed by atoms with Crippen molar-refractivity contribution in [3.8, 4) is 5.75 Å². The van der Waals surface area contributed by atoms with Crippen molar-refractivity contribution in [2.24, 2.45) is 0 Å². The first-order chi connectivity index (χ1) is 5.15. The van der Waals surface area contributed by atoms with Gasteiger partial charge >= 0.3 is 0 Å². The predicted molar refractivity (Wildman–Crippen MR) is 50.7 cm³/mol. The van der Waals surface area contributed by atoms with Crippen LogP contribution < -0.4 is 4.74 Å². The van der Waals surface area contributed by atoms with Crippen molar-refractivity contribution in [2.75, 3.05) is 7.11 Å². The molecule has 1 nitrogen and oxygen atoms in total. The highest BCUT2D eigenvalue weighted by atomic mass is 127. The van der Waals surface area contributed by atoms with Crippen LogP contribution >= 0.6 is 34.2 Å². The molecule has 1 aromatic rings. The van der Waals surface area contributed by atoms with Crippen molar-refractivity contribution in [2.45, 2.75) is 0 Å². The lowest BCUT2D eigenvalue weighted by atomic mass is 10.3. The summed E-state index contributed by atoms with van der Waals surface area (Å²) in [5, 5.41) is 0.479. The Labute approximate surface area is 82.6 Å². The number of hydrogen-bond donors (Lipinski definition) is 0. The first-order valence-electron chi connectivity index (χ1n) is 2.83. The summed E-state index contributed by atoms with van der Waals surface area (Å²) in [4.78, 5) is 0. The van der Waals surface area contributed by atoms with Crippen molar-refractivity contribution in [3.63, 3.8) is 0 Å². The Kier molecular flexibility index (Phi) is 2.95. The molecule has 60 valence electrons. The highest BCUT2D eigenvalue weighted by Gasteiger charge is 2.07. The molecule has 0 spiro atoms. The van der Waals surface area contributed by atoms with Crippen molar-refractivity contribution < 1.29 is 9.13 Å². The van der Waals surface area contributed by atoms with Gasteiger partial charge in [0.1, 0.15) is 0 Å². The molecule has 4 heteroatoms. The minimum absolute atomic E-state index is 0.182. The molecular formula is C7H5ClFIO. The Morgan fingerprint density at radius 1 is 1.55 bits per heavy atom. The van der Waals surface area contributed by atoms with Gasteiger partial charge in [0.25, 0.3) is 0 Å². The van der Waals surface area contributed by atoms with Crippen molar-refractivity contribution in [1.29, 1.82) is 0 Å². The van der Waals surface area contributed by atoms with Crippen LogP contribution in [0, 0.1) is 9.39 Å². The largest absolute Gasteiger partial charge is 0.494 e. The quantitative estimate of drug-likeness (QED) is 0.569. The second kappa shape index (κ2) is 3.58. The van der Waals surface area contributed by atoms with Crippen LogP contribution in [0.1, 0.15) is 0 Å². The van der Waals surface area contributed by atoms with Crippen LogP contribution in [0.25, 0.3) is 0 Å². The molecule has 0 radical (unpaired) electrons. The number of ether oxygens (including phenoxy) is 1. The Bertz CT molecular complexity index is 277. The monoisotopic (exact) mass is 286 g/mol. The first-order valence-corrected chi connectivity index (χ1v) is 4.29. The molecule has 0 bridgehead atoms. The van der Waals surface area contributed by atoms with Gasteiger partial charge in [0, 0.05) is 11.1 Å². The third kappa shape index (κ3) is 1.96. The highest BCUT2D eigenvalue weighted by Crippen LogP contribution is 2.26. The van der Waals surface area contributed by atoms with Gasteiger partial charge in [0.05, 0.1) is 10.7 Å². The van der Waals surface area contributed by atoms with Gasteiger partial charge in [-0.3, -0.25) is 0 Å². The van der Waals surface area contributed by atoms with Crippen LogP contribution in [0.5, 0.6) is 5.75 Å². The van der Waals surface area contributed by atoms with E-state index < -0.39 is 0 Å². The fourth-order valence-electron chi connectivity index (χ4n) is 0.681. The summed E-state index contributed by atoms with van der Waals surface area (Å²) in [6, 6.07) is 2.99. The maximum Gasteiger partial charge on any atom is 0.178 e. The third-order valence-electron chi connectivity index (χ3n) is 1.18. The molecule has 0 saturated heterocycles. The van der Waals surface area contributed by atoms with Gasteiger partial charge in [0.2, 0.25) is 0 Å². The fraction of sp³-hybridized carbons (Fsp3) is 0.143. The molecule has 11 heavy (non-hydrogen) atoms. The molecule has 1 rings (SSSR count). The van der Waals surface area contributed by atoms with Gasteiger partial charge in [-0.2, -0.15) is 0 Å². The van der Waals surface area contributed by atoms with Gasteiger partial charge in [-0.1, -0.05) is 11.6 Å². The Balaban J connectivity index is 3.24. The lowest BCUT2D eigenvalue weighted by Crippen LogP contribution is -1.90. The average molecular weight is 286 g/mol. The molecule has 0 aliphatic heterocycles. The van der Waals surface area contributed by atoms with Crippen LogP contribution in [0.4, 0.5) is 4.39 Å². The van der Waals surface area contributed by atoms with Crippen LogP contribution in [0.2, 0.25) is 5.02 Å². The van der Waals surface area contributed by atoms with E-state index in [0.29, 0.717) is 8.59 Å². The van der Waals surface area contributed by atoms with E-state index in [1.807, 2.05) is 22.6 Å². The number of methoxy groups -OCH3 is 1. The molecule has 0 aromatic heterocycles. The minimum atomic E-state index is -0.363. The highest BCUT2D eigenvalue weighted by molar-refractivity contribution is 14.1. The molecule has 0 aliphatic carbocycles. The zero-order chi connectivity index (χ0) is 8.43. The van der Waals surface area contributed by atoms with E-state index in [4.69, 9.17) is 16.3 Å². The van der Waals surface area contributed by atoms with Crippen molar-refractivity contribution in [3.05, 3.63) is 26.5 Å². The fourth-order valence-corrected chi connectivity index (χ4v) is 1.67. The van der Waals surface area contributed by atoms with Gasteiger partial charge in [-0.05, 0) is 28.7 Å². The zero-order valence-electron chi connectivity index (χ0n) is 5.70. The lowest BCUT2D eigenvalue weighted by molar-refractivity contribution is 0.385. The maximum atomic E-state index is 13.0. The SMILES string of the molecule is COc1cc(Cl)cc(I)c1F. The Morgan fingerprint density at radius 3 is 2.73 bits per heavy atom. The number of rotatable bonds is 1. The van der Waals surface area contributed by atoms with E-state index in [9.17, 15) is 4.39 Å². The number of hydrogen-bond acceptors (Lipinski definition) is 1. The van der Waals surface area contributed by atoms with Crippen molar-refractivity contribution in [1.82, 2.24) is 0 Å². The second-order valence-electron chi connectivity index (χ2n) is 1.90. The molecule has 1 aromatic carbocycles. The average Bonchev–Trinajstić information content (AvgIpc) is 1.96. The summed E-state index contributed by atoms with van der Waals surface area (Å²) >= 11 is 7.51. The summed E-state index contributed by atoms with van der Waals surface area (Å²) < 4.78 is 18.2. The zero-order valence-corrected chi connectivity index (χ0v) is 8.61. The summed E-state index contributed by atoms with van der Waals surface area (Å²) in [6.45, 7) is 0. The summed E-state index contributed by atoms with van der Waals surface area (Å²) in [6.07, 6.45) is 0. The third-order valence-corrected chi connectivity index (χ3v) is 2.18. The van der Waals surface area contributed by atoms with Gasteiger partial charge in [-0.15, -0.1) is 0 Å². The van der Waals surface area contributed by atoms with Gasteiger partial charge < -0.3 is 4.74 Å². The van der Waals surface area contributed by atoms with E-state index in [2.05, 4.69) is 0 Å². The van der Waals surface area contributed by atoms with Crippen molar-refractivity contribution >= 4 is 34.2 Å². The van der Waals surface area contributed by atoms with E-state index >= 15 is 0 Å². The Morgan fingerprint density at radius 2 is 2.18 bits per heavy atom. The smallest absolute Gasteiger partial charge is 0.178 e. The Hall–Kier alpha value is -0.0300. The lowest BCUT2D eigenvalue weighted by Gasteiger charge is -2.02. The molecule has 0 saturated carbocycles. The minimum Gasteiger partial charge on any atom is -0.494 e. The molecule has 0 N–H and O–H groups in total. The molecule has 0 unspecified atom stereocenters. The molecule has 0 atom stereocenters. The van der Waals surface area contributed by atoms with Crippen LogP contribution in [-0.2, 0) is 0 Å². The number of halogens is 3.